The molecule has 0 heterocycles. The van der Waals surface area contributed by atoms with E-state index in [1.807, 2.05) is 54.6 Å². The standard InChI is InChI=1S/C25H22FNO4/c1-30-22-13-11-20(12-14-22)25(19-7-3-2-4-8-19)27-23(28)17-31-24(29)15-10-18-6-5-9-21(26)16-18/h2-16,25H,17H2,1H3,(H,27,28)/b15-10+/t25-/m1/s1. The first-order chi connectivity index (χ1) is 15.0. The third-order valence-corrected chi connectivity index (χ3v) is 4.49. The number of rotatable bonds is 8. The van der Waals surface area contributed by atoms with Gasteiger partial charge in [-0.05, 0) is 47.0 Å². The number of hydrogen-bond acceptors (Lipinski definition) is 4. The van der Waals surface area contributed by atoms with Crippen LogP contribution in [0.1, 0.15) is 22.7 Å². The summed E-state index contributed by atoms with van der Waals surface area (Å²) < 4.78 is 23.4. The minimum absolute atomic E-state index is 0.402. The molecule has 0 aliphatic rings. The van der Waals surface area contributed by atoms with Crippen LogP contribution in [0.25, 0.3) is 6.08 Å². The van der Waals surface area contributed by atoms with E-state index in [1.54, 1.807) is 13.2 Å². The van der Waals surface area contributed by atoms with Gasteiger partial charge in [-0.2, -0.15) is 0 Å². The SMILES string of the molecule is COc1ccc([C@H](NC(=O)COC(=O)/C=C/c2cccc(F)c2)c2ccccc2)cc1. The second-order valence-corrected chi connectivity index (χ2v) is 6.68. The number of amides is 1. The quantitative estimate of drug-likeness (QED) is 0.437. The molecule has 1 atom stereocenters. The van der Waals surface area contributed by atoms with Gasteiger partial charge >= 0.3 is 5.97 Å². The predicted molar refractivity (Wildman–Crippen MR) is 116 cm³/mol. The molecule has 158 valence electrons. The molecular formula is C25H22FNO4. The molecule has 0 saturated carbocycles. The van der Waals surface area contributed by atoms with Gasteiger partial charge in [0.2, 0.25) is 0 Å². The summed E-state index contributed by atoms with van der Waals surface area (Å²) in [6.07, 6.45) is 2.58. The minimum atomic E-state index is -0.694. The molecule has 3 aromatic rings. The van der Waals surface area contributed by atoms with Crippen LogP contribution in [0.5, 0.6) is 5.75 Å². The van der Waals surface area contributed by atoms with Gasteiger partial charge in [-0.3, -0.25) is 4.79 Å². The molecule has 0 aliphatic carbocycles. The first-order valence-electron chi connectivity index (χ1n) is 9.64. The molecule has 1 amide bonds. The Balaban J connectivity index is 1.63. The van der Waals surface area contributed by atoms with Crippen LogP contribution in [0.2, 0.25) is 0 Å². The molecule has 3 aromatic carbocycles. The average molecular weight is 419 g/mol. The van der Waals surface area contributed by atoms with Gasteiger partial charge in [0.25, 0.3) is 5.91 Å². The number of carbonyl (C=O) groups excluding carboxylic acids is 2. The van der Waals surface area contributed by atoms with Crippen molar-refractivity contribution < 1.29 is 23.5 Å². The van der Waals surface area contributed by atoms with Crippen molar-refractivity contribution in [2.24, 2.45) is 0 Å². The van der Waals surface area contributed by atoms with Gasteiger partial charge in [0.1, 0.15) is 11.6 Å². The van der Waals surface area contributed by atoms with Crippen LogP contribution in [0.15, 0.2) is 84.9 Å². The van der Waals surface area contributed by atoms with Gasteiger partial charge in [0, 0.05) is 6.08 Å². The first kappa shape index (κ1) is 21.8. The van der Waals surface area contributed by atoms with Crippen LogP contribution in [0.3, 0.4) is 0 Å². The maximum absolute atomic E-state index is 13.2. The van der Waals surface area contributed by atoms with Crippen molar-refractivity contribution in [3.05, 3.63) is 107 Å². The van der Waals surface area contributed by atoms with E-state index in [-0.39, 0.29) is 0 Å². The summed E-state index contributed by atoms with van der Waals surface area (Å²) in [7, 11) is 1.59. The molecule has 5 nitrogen and oxygen atoms in total. The molecule has 6 heteroatoms. The average Bonchev–Trinajstić information content (AvgIpc) is 2.80. The van der Waals surface area contributed by atoms with Crippen LogP contribution in [0, 0.1) is 5.82 Å². The van der Waals surface area contributed by atoms with Crippen molar-refractivity contribution in [1.82, 2.24) is 5.32 Å². The van der Waals surface area contributed by atoms with Gasteiger partial charge in [0.15, 0.2) is 6.61 Å². The molecule has 0 fully saturated rings. The summed E-state index contributed by atoms with van der Waals surface area (Å²) in [4.78, 5) is 24.4. The number of ether oxygens (including phenoxy) is 2. The highest BCUT2D eigenvalue weighted by Gasteiger charge is 2.17. The Hall–Kier alpha value is -3.93. The Morgan fingerprint density at radius 1 is 0.968 bits per heavy atom. The Kier molecular flexibility index (Phi) is 7.54. The topological polar surface area (TPSA) is 64.6 Å². The number of nitrogens with one attached hydrogen (secondary N) is 1. The fraction of sp³-hybridized carbons (Fsp3) is 0.120. The van der Waals surface area contributed by atoms with E-state index in [0.29, 0.717) is 11.3 Å². The zero-order valence-corrected chi connectivity index (χ0v) is 17.0. The monoisotopic (exact) mass is 419 g/mol. The van der Waals surface area contributed by atoms with Crippen LogP contribution in [-0.2, 0) is 14.3 Å². The highest BCUT2D eigenvalue weighted by molar-refractivity contribution is 5.89. The van der Waals surface area contributed by atoms with Crippen LogP contribution in [-0.4, -0.2) is 25.6 Å². The zero-order chi connectivity index (χ0) is 22.1. The summed E-state index contributed by atoms with van der Waals surface area (Å²) in [6.45, 7) is -0.439. The lowest BCUT2D eigenvalue weighted by molar-refractivity contribution is -0.143. The van der Waals surface area contributed by atoms with Crippen molar-refractivity contribution in [2.75, 3.05) is 13.7 Å². The Bertz CT molecular complexity index is 1050. The number of methoxy groups -OCH3 is 1. The zero-order valence-electron chi connectivity index (χ0n) is 17.0. The molecule has 0 unspecified atom stereocenters. The second-order valence-electron chi connectivity index (χ2n) is 6.68. The highest BCUT2D eigenvalue weighted by Crippen LogP contribution is 2.24. The van der Waals surface area contributed by atoms with Crippen molar-refractivity contribution in [3.63, 3.8) is 0 Å². The molecule has 0 radical (unpaired) electrons. The minimum Gasteiger partial charge on any atom is -0.497 e. The van der Waals surface area contributed by atoms with E-state index >= 15 is 0 Å². The van der Waals surface area contributed by atoms with Crippen LogP contribution < -0.4 is 10.1 Å². The molecule has 3 rings (SSSR count). The van der Waals surface area contributed by atoms with Crippen molar-refractivity contribution in [3.8, 4) is 5.75 Å². The lowest BCUT2D eigenvalue weighted by Gasteiger charge is -2.20. The Morgan fingerprint density at radius 3 is 2.35 bits per heavy atom. The highest BCUT2D eigenvalue weighted by atomic mass is 19.1. The van der Waals surface area contributed by atoms with E-state index < -0.39 is 30.3 Å². The van der Waals surface area contributed by atoms with E-state index in [4.69, 9.17) is 9.47 Å². The fourth-order valence-corrected chi connectivity index (χ4v) is 2.96. The first-order valence-corrected chi connectivity index (χ1v) is 9.64. The maximum Gasteiger partial charge on any atom is 0.331 e. The van der Waals surface area contributed by atoms with Crippen molar-refractivity contribution in [1.29, 1.82) is 0 Å². The number of hydrogen-bond donors (Lipinski definition) is 1. The van der Waals surface area contributed by atoms with E-state index in [9.17, 15) is 14.0 Å². The van der Waals surface area contributed by atoms with Crippen LogP contribution >= 0.6 is 0 Å². The molecule has 0 spiro atoms. The van der Waals surface area contributed by atoms with Crippen LogP contribution in [0.4, 0.5) is 4.39 Å². The van der Waals surface area contributed by atoms with Gasteiger partial charge < -0.3 is 14.8 Å². The fourth-order valence-electron chi connectivity index (χ4n) is 2.96. The predicted octanol–water partition coefficient (Wildman–Crippen LogP) is 4.30. The van der Waals surface area contributed by atoms with Gasteiger partial charge in [-0.25, -0.2) is 9.18 Å². The summed E-state index contributed by atoms with van der Waals surface area (Å²) in [5.41, 5.74) is 2.26. The number of benzene rings is 3. The lowest BCUT2D eigenvalue weighted by atomic mass is 9.98. The van der Waals surface area contributed by atoms with Crippen molar-refractivity contribution in [2.45, 2.75) is 6.04 Å². The Labute approximate surface area is 180 Å². The summed E-state index contributed by atoms with van der Waals surface area (Å²) in [5.74, 6) is -0.835. The summed E-state index contributed by atoms with van der Waals surface area (Å²) in [6, 6.07) is 22.2. The van der Waals surface area contributed by atoms with Gasteiger partial charge in [-0.15, -0.1) is 0 Å². The molecule has 0 saturated heterocycles. The number of esters is 1. The third kappa shape index (κ3) is 6.54. The van der Waals surface area contributed by atoms with Gasteiger partial charge in [-0.1, -0.05) is 54.6 Å². The van der Waals surface area contributed by atoms with E-state index in [1.165, 1.54) is 24.3 Å². The summed E-state index contributed by atoms with van der Waals surface area (Å²) >= 11 is 0. The van der Waals surface area contributed by atoms with Crippen molar-refractivity contribution >= 4 is 18.0 Å². The number of halogens is 1. The molecule has 0 bridgehead atoms. The number of carbonyl (C=O) groups is 2. The second kappa shape index (κ2) is 10.7. The third-order valence-electron chi connectivity index (χ3n) is 4.49. The maximum atomic E-state index is 13.2. The molecule has 1 N–H and O–H groups in total. The largest absolute Gasteiger partial charge is 0.497 e. The normalized spacial score (nSPS) is 11.7. The molecule has 0 aliphatic heterocycles. The summed E-state index contributed by atoms with van der Waals surface area (Å²) in [5, 5.41) is 2.89. The van der Waals surface area contributed by atoms with E-state index in [2.05, 4.69) is 5.32 Å². The van der Waals surface area contributed by atoms with Gasteiger partial charge in [0.05, 0.1) is 13.2 Å². The Morgan fingerprint density at radius 2 is 1.68 bits per heavy atom. The molecule has 31 heavy (non-hydrogen) atoms. The molecule has 0 aromatic heterocycles. The smallest absolute Gasteiger partial charge is 0.331 e. The van der Waals surface area contributed by atoms with E-state index in [0.717, 1.165) is 17.2 Å². The molecular weight excluding hydrogens is 397 g/mol. The lowest BCUT2D eigenvalue weighted by Crippen LogP contribution is -2.32.